The molecule has 0 aliphatic heterocycles. The molecule has 0 radical (unpaired) electrons. The molecular weight excluding hydrogens is 168 g/mol. The van der Waals surface area contributed by atoms with Crippen molar-refractivity contribution in [1.82, 2.24) is 4.57 Å². The number of rotatable bonds is 2. The van der Waals surface area contributed by atoms with Gasteiger partial charge in [0, 0.05) is 18.3 Å². The van der Waals surface area contributed by atoms with Gasteiger partial charge in [0.25, 0.3) is 5.56 Å². The number of hydrogen-bond donors (Lipinski definition) is 1. The lowest BCUT2D eigenvalue weighted by Gasteiger charge is -2.10. The summed E-state index contributed by atoms with van der Waals surface area (Å²) in [6, 6.07) is 1.76. The van der Waals surface area contributed by atoms with Crippen molar-refractivity contribution < 1.29 is 4.74 Å². The molecule has 1 aromatic rings. The Hall–Kier alpha value is -1.45. The summed E-state index contributed by atoms with van der Waals surface area (Å²) in [5.74, 6) is 0.451. The van der Waals surface area contributed by atoms with Crippen LogP contribution in [0.5, 0.6) is 5.75 Å². The number of nitrogen functional groups attached to an aromatic ring is 1. The number of nitrogens with zero attached hydrogens (tertiary/aromatic N) is 1. The Bertz CT molecular complexity index is 369. The lowest BCUT2D eigenvalue weighted by molar-refractivity contribution is 0.414. The molecular formula is C9H14N2O2. The summed E-state index contributed by atoms with van der Waals surface area (Å²) in [6.07, 6.45) is 0. The van der Waals surface area contributed by atoms with Crippen LogP contribution in [0, 0.1) is 6.92 Å². The molecule has 0 fully saturated rings. The summed E-state index contributed by atoms with van der Waals surface area (Å²) in [4.78, 5) is 11.6. The van der Waals surface area contributed by atoms with Gasteiger partial charge in [-0.1, -0.05) is 0 Å². The van der Waals surface area contributed by atoms with Crippen molar-refractivity contribution in [2.75, 3.05) is 12.8 Å². The van der Waals surface area contributed by atoms with Crippen LogP contribution < -0.4 is 16.0 Å². The first-order valence-corrected chi connectivity index (χ1v) is 4.15. The molecule has 0 bridgehead atoms. The van der Waals surface area contributed by atoms with Gasteiger partial charge >= 0.3 is 0 Å². The molecule has 0 saturated carbocycles. The first-order valence-electron chi connectivity index (χ1n) is 4.15. The van der Waals surface area contributed by atoms with Crippen molar-refractivity contribution in [3.05, 3.63) is 22.1 Å². The minimum atomic E-state index is -0.181. The van der Waals surface area contributed by atoms with E-state index in [0.29, 0.717) is 12.3 Å². The fourth-order valence-electron chi connectivity index (χ4n) is 1.32. The minimum Gasteiger partial charge on any atom is -0.494 e. The van der Waals surface area contributed by atoms with Gasteiger partial charge in [0.2, 0.25) is 0 Å². The van der Waals surface area contributed by atoms with E-state index >= 15 is 0 Å². The maximum atomic E-state index is 11.6. The maximum absolute atomic E-state index is 11.6. The topological polar surface area (TPSA) is 57.2 Å². The van der Waals surface area contributed by atoms with E-state index in [4.69, 9.17) is 10.5 Å². The zero-order chi connectivity index (χ0) is 10.0. The third-order valence-electron chi connectivity index (χ3n) is 2.04. The van der Waals surface area contributed by atoms with E-state index in [-0.39, 0.29) is 11.2 Å². The van der Waals surface area contributed by atoms with Crippen LogP contribution in [0.25, 0.3) is 0 Å². The summed E-state index contributed by atoms with van der Waals surface area (Å²) < 4.78 is 6.58. The largest absolute Gasteiger partial charge is 0.494 e. The fraction of sp³-hybridized carbons (Fsp3) is 0.444. The summed E-state index contributed by atoms with van der Waals surface area (Å²) >= 11 is 0. The summed E-state index contributed by atoms with van der Waals surface area (Å²) in [7, 11) is 1.50. The van der Waals surface area contributed by atoms with Gasteiger partial charge in [-0.25, -0.2) is 0 Å². The maximum Gasteiger partial charge on any atom is 0.277 e. The predicted octanol–water partition coefficient (Wildman–Crippen LogP) is 0.767. The first kappa shape index (κ1) is 9.64. The zero-order valence-corrected chi connectivity index (χ0v) is 8.13. The lowest BCUT2D eigenvalue weighted by Crippen LogP contribution is -2.24. The van der Waals surface area contributed by atoms with E-state index in [2.05, 4.69) is 0 Å². The van der Waals surface area contributed by atoms with E-state index in [9.17, 15) is 4.79 Å². The third kappa shape index (κ3) is 1.52. The van der Waals surface area contributed by atoms with Crippen molar-refractivity contribution in [3.63, 3.8) is 0 Å². The van der Waals surface area contributed by atoms with Crippen LogP contribution in [0.4, 0.5) is 5.69 Å². The molecule has 1 rings (SSSR count). The molecule has 0 amide bonds. The molecule has 0 unspecified atom stereocenters. The fourth-order valence-corrected chi connectivity index (χ4v) is 1.32. The number of aromatic nitrogens is 1. The quantitative estimate of drug-likeness (QED) is 0.734. The van der Waals surface area contributed by atoms with Gasteiger partial charge in [0.05, 0.1) is 7.11 Å². The SMILES string of the molecule is CCn1c(C)cc(OC)c(N)c1=O. The Kier molecular flexibility index (Phi) is 2.60. The molecule has 0 atom stereocenters. The molecule has 0 spiro atoms. The highest BCUT2D eigenvalue weighted by Crippen LogP contribution is 2.17. The first-order chi connectivity index (χ1) is 6.11. The summed E-state index contributed by atoms with van der Waals surface area (Å²) in [5, 5.41) is 0. The Morgan fingerprint density at radius 2 is 2.23 bits per heavy atom. The van der Waals surface area contributed by atoms with Gasteiger partial charge in [0.1, 0.15) is 11.4 Å². The standard InChI is InChI=1S/C9H14N2O2/c1-4-11-6(2)5-7(13-3)8(10)9(11)12/h5H,4,10H2,1-3H3. The van der Waals surface area contributed by atoms with Crippen LogP contribution in [0.1, 0.15) is 12.6 Å². The van der Waals surface area contributed by atoms with E-state index in [1.165, 1.54) is 7.11 Å². The number of anilines is 1. The lowest BCUT2D eigenvalue weighted by atomic mass is 10.3. The van der Waals surface area contributed by atoms with Gasteiger partial charge in [0.15, 0.2) is 0 Å². The molecule has 4 nitrogen and oxygen atoms in total. The highest BCUT2D eigenvalue weighted by Gasteiger charge is 2.08. The van der Waals surface area contributed by atoms with Crippen molar-refractivity contribution >= 4 is 5.69 Å². The highest BCUT2D eigenvalue weighted by atomic mass is 16.5. The van der Waals surface area contributed by atoms with Crippen molar-refractivity contribution in [2.45, 2.75) is 20.4 Å². The average molecular weight is 182 g/mol. The number of methoxy groups -OCH3 is 1. The van der Waals surface area contributed by atoms with E-state index in [1.54, 1.807) is 10.6 Å². The van der Waals surface area contributed by atoms with Crippen molar-refractivity contribution in [2.24, 2.45) is 0 Å². The Balaban J connectivity index is 3.46. The highest BCUT2D eigenvalue weighted by molar-refractivity contribution is 5.51. The molecule has 0 saturated heterocycles. The van der Waals surface area contributed by atoms with Gasteiger partial charge in [-0.15, -0.1) is 0 Å². The molecule has 1 aromatic heterocycles. The third-order valence-corrected chi connectivity index (χ3v) is 2.04. The summed E-state index contributed by atoms with van der Waals surface area (Å²) in [5.41, 5.74) is 6.43. The molecule has 13 heavy (non-hydrogen) atoms. The van der Waals surface area contributed by atoms with Gasteiger partial charge in [-0.3, -0.25) is 4.79 Å². The van der Waals surface area contributed by atoms with Gasteiger partial charge < -0.3 is 15.0 Å². The van der Waals surface area contributed by atoms with E-state index in [0.717, 1.165) is 5.69 Å². The minimum absolute atomic E-state index is 0.176. The van der Waals surface area contributed by atoms with E-state index in [1.807, 2.05) is 13.8 Å². The molecule has 1 heterocycles. The Labute approximate surface area is 76.9 Å². The molecule has 2 N–H and O–H groups in total. The van der Waals surface area contributed by atoms with Crippen LogP contribution in [-0.2, 0) is 6.54 Å². The molecule has 0 aliphatic rings. The van der Waals surface area contributed by atoms with Crippen LogP contribution in [0.15, 0.2) is 10.9 Å². The van der Waals surface area contributed by atoms with Gasteiger partial charge in [-0.2, -0.15) is 0 Å². The number of nitrogens with two attached hydrogens (primary N) is 1. The smallest absolute Gasteiger partial charge is 0.277 e. The Morgan fingerprint density at radius 3 is 2.69 bits per heavy atom. The van der Waals surface area contributed by atoms with Crippen molar-refractivity contribution in [1.29, 1.82) is 0 Å². The molecule has 72 valence electrons. The van der Waals surface area contributed by atoms with Crippen molar-refractivity contribution in [3.8, 4) is 5.75 Å². The van der Waals surface area contributed by atoms with Crippen LogP contribution in [0.3, 0.4) is 0 Å². The zero-order valence-electron chi connectivity index (χ0n) is 8.13. The second-order valence-electron chi connectivity index (χ2n) is 2.82. The van der Waals surface area contributed by atoms with E-state index < -0.39 is 0 Å². The van der Waals surface area contributed by atoms with Crippen LogP contribution in [-0.4, -0.2) is 11.7 Å². The Morgan fingerprint density at radius 1 is 1.62 bits per heavy atom. The predicted molar refractivity (Wildman–Crippen MR) is 52.1 cm³/mol. The number of hydrogen-bond acceptors (Lipinski definition) is 3. The number of ether oxygens (including phenoxy) is 1. The second kappa shape index (κ2) is 3.51. The summed E-state index contributed by atoms with van der Waals surface area (Å²) in [6.45, 7) is 4.38. The van der Waals surface area contributed by atoms with Gasteiger partial charge in [-0.05, 0) is 13.8 Å². The molecule has 0 aliphatic carbocycles. The van der Waals surface area contributed by atoms with Crippen LogP contribution in [0.2, 0.25) is 0 Å². The normalized spacial score (nSPS) is 10.1. The number of aryl methyl sites for hydroxylation is 1. The molecule has 0 aromatic carbocycles. The average Bonchev–Trinajstić information content (AvgIpc) is 2.12. The monoisotopic (exact) mass is 182 g/mol. The second-order valence-corrected chi connectivity index (χ2v) is 2.82. The number of pyridine rings is 1. The molecule has 4 heteroatoms. The van der Waals surface area contributed by atoms with Crippen LogP contribution >= 0.6 is 0 Å².